The Labute approximate surface area is 123 Å². The van der Waals surface area contributed by atoms with Crippen LogP contribution in [0.1, 0.15) is 17.0 Å². The molecule has 3 N–H and O–H groups in total. The van der Waals surface area contributed by atoms with Crippen LogP contribution in [-0.2, 0) is 6.54 Å². The van der Waals surface area contributed by atoms with Crippen LogP contribution in [0.5, 0.6) is 0 Å². The molecule has 0 bridgehead atoms. The van der Waals surface area contributed by atoms with Crippen LogP contribution in [0.2, 0.25) is 5.02 Å². The van der Waals surface area contributed by atoms with Crippen molar-refractivity contribution in [1.29, 1.82) is 0 Å². The van der Waals surface area contributed by atoms with Crippen LogP contribution in [0, 0.1) is 13.8 Å². The minimum absolute atomic E-state index is 0.644. The molecule has 0 amide bonds. The van der Waals surface area contributed by atoms with Gasteiger partial charge in [-0.05, 0) is 31.5 Å². The molecule has 0 radical (unpaired) electrons. The summed E-state index contributed by atoms with van der Waals surface area (Å²) in [6, 6.07) is 7.79. The molecule has 106 valence electrons. The lowest BCUT2D eigenvalue weighted by molar-refractivity contribution is 0.869. The molecule has 0 aliphatic carbocycles. The number of anilines is 2. The number of aromatic nitrogens is 2. The zero-order chi connectivity index (χ0) is 14.7. The van der Waals surface area contributed by atoms with Gasteiger partial charge in [-0.15, -0.1) is 0 Å². The third-order valence-electron chi connectivity index (χ3n) is 3.04. The van der Waals surface area contributed by atoms with Crippen molar-refractivity contribution in [2.45, 2.75) is 20.4 Å². The van der Waals surface area contributed by atoms with Crippen LogP contribution in [0.25, 0.3) is 0 Å². The largest absolute Gasteiger partial charge is 0.355 e. The van der Waals surface area contributed by atoms with Crippen LogP contribution < -0.4 is 16.2 Å². The third kappa shape index (κ3) is 3.18. The molecule has 2 aromatic rings. The molecule has 1 aromatic heterocycles. The predicted molar refractivity (Wildman–Crippen MR) is 82.9 cm³/mol. The van der Waals surface area contributed by atoms with Crippen molar-refractivity contribution in [3.8, 4) is 0 Å². The molecule has 2 rings (SSSR count). The summed E-state index contributed by atoms with van der Waals surface area (Å²) < 4.78 is 0. The Morgan fingerprint density at radius 3 is 2.70 bits per heavy atom. The van der Waals surface area contributed by atoms with E-state index >= 15 is 0 Å². The highest BCUT2D eigenvalue weighted by Crippen LogP contribution is 2.23. The molecule has 0 saturated heterocycles. The second kappa shape index (κ2) is 6.07. The van der Waals surface area contributed by atoms with E-state index in [9.17, 15) is 0 Å². The maximum absolute atomic E-state index is 6.01. The summed E-state index contributed by atoms with van der Waals surface area (Å²) >= 11 is 6.01. The van der Waals surface area contributed by atoms with Crippen LogP contribution in [0.4, 0.5) is 11.6 Å². The van der Waals surface area contributed by atoms with E-state index in [1.54, 1.807) is 0 Å². The number of nitrogens with two attached hydrogens (primary N) is 1. The number of halogens is 1. The number of nitrogen functional groups attached to an aromatic ring is 1. The smallest absolute Gasteiger partial charge is 0.148 e. The summed E-state index contributed by atoms with van der Waals surface area (Å²) in [5.41, 5.74) is 4.65. The molecule has 20 heavy (non-hydrogen) atoms. The highest BCUT2D eigenvalue weighted by molar-refractivity contribution is 6.30. The molecule has 0 saturated carbocycles. The van der Waals surface area contributed by atoms with Gasteiger partial charge in [-0.2, -0.15) is 0 Å². The van der Waals surface area contributed by atoms with Crippen LogP contribution in [-0.4, -0.2) is 17.0 Å². The average Bonchev–Trinajstić information content (AvgIpc) is 2.40. The van der Waals surface area contributed by atoms with E-state index in [1.807, 2.05) is 45.2 Å². The van der Waals surface area contributed by atoms with Gasteiger partial charge in [-0.1, -0.05) is 23.7 Å². The van der Waals surface area contributed by atoms with Crippen LogP contribution in [0.15, 0.2) is 24.3 Å². The van der Waals surface area contributed by atoms with Gasteiger partial charge in [0.1, 0.15) is 17.5 Å². The molecule has 0 aliphatic heterocycles. The maximum atomic E-state index is 6.01. The zero-order valence-electron chi connectivity index (χ0n) is 11.8. The fourth-order valence-electron chi connectivity index (χ4n) is 2.11. The number of hydrogen-bond donors (Lipinski definition) is 2. The topological polar surface area (TPSA) is 67.1 Å². The first-order valence-corrected chi connectivity index (χ1v) is 6.66. The first-order chi connectivity index (χ1) is 9.51. The number of rotatable bonds is 4. The predicted octanol–water partition coefficient (Wildman–Crippen LogP) is 2.67. The monoisotopic (exact) mass is 291 g/mol. The number of aryl methyl sites for hydroxylation is 1. The Kier molecular flexibility index (Phi) is 4.42. The molecule has 0 atom stereocenters. The van der Waals surface area contributed by atoms with Gasteiger partial charge in [0.25, 0.3) is 0 Å². The first kappa shape index (κ1) is 14.6. The lowest BCUT2D eigenvalue weighted by Crippen LogP contribution is -2.21. The number of hydrazine groups is 1. The molecule has 1 aromatic carbocycles. The molecule has 6 heteroatoms. The number of nitrogens with one attached hydrogen (secondary N) is 1. The van der Waals surface area contributed by atoms with Crippen LogP contribution >= 0.6 is 11.6 Å². The molecular weight excluding hydrogens is 274 g/mol. The SMILES string of the molecule is Cc1nc(NN)c(C)c(N(C)Cc2cccc(Cl)c2)n1. The average molecular weight is 292 g/mol. The van der Waals surface area contributed by atoms with Gasteiger partial charge < -0.3 is 10.3 Å². The van der Waals surface area contributed by atoms with E-state index in [1.165, 1.54) is 0 Å². The van der Waals surface area contributed by atoms with Crippen molar-refractivity contribution < 1.29 is 0 Å². The van der Waals surface area contributed by atoms with Crippen molar-refractivity contribution >= 4 is 23.2 Å². The van der Waals surface area contributed by atoms with Gasteiger partial charge >= 0.3 is 0 Å². The van der Waals surface area contributed by atoms with Gasteiger partial charge in [-0.25, -0.2) is 15.8 Å². The molecule has 5 nitrogen and oxygen atoms in total. The summed E-state index contributed by atoms with van der Waals surface area (Å²) in [5, 5.41) is 0.732. The minimum atomic E-state index is 0.644. The fourth-order valence-corrected chi connectivity index (χ4v) is 2.32. The highest BCUT2D eigenvalue weighted by Gasteiger charge is 2.12. The Hall–Kier alpha value is -1.85. The van der Waals surface area contributed by atoms with Crippen molar-refractivity contribution in [2.24, 2.45) is 5.84 Å². The van der Waals surface area contributed by atoms with Crippen LogP contribution in [0.3, 0.4) is 0 Å². The van der Waals surface area contributed by atoms with E-state index in [-0.39, 0.29) is 0 Å². The summed E-state index contributed by atoms with van der Waals surface area (Å²) in [7, 11) is 1.98. The van der Waals surface area contributed by atoms with Crippen molar-refractivity contribution in [3.63, 3.8) is 0 Å². The quantitative estimate of drug-likeness (QED) is 0.670. The molecule has 0 aliphatic rings. The van der Waals surface area contributed by atoms with Crippen molar-refractivity contribution in [3.05, 3.63) is 46.2 Å². The zero-order valence-corrected chi connectivity index (χ0v) is 12.6. The van der Waals surface area contributed by atoms with E-state index in [2.05, 4.69) is 20.3 Å². The fraction of sp³-hybridized carbons (Fsp3) is 0.286. The number of benzene rings is 1. The molecule has 1 heterocycles. The van der Waals surface area contributed by atoms with E-state index in [0.717, 1.165) is 22.0 Å². The highest BCUT2D eigenvalue weighted by atomic mass is 35.5. The third-order valence-corrected chi connectivity index (χ3v) is 3.27. The summed E-state index contributed by atoms with van der Waals surface area (Å²) in [6.07, 6.45) is 0. The molecular formula is C14H18ClN5. The summed E-state index contributed by atoms with van der Waals surface area (Å²) in [4.78, 5) is 10.8. The lowest BCUT2D eigenvalue weighted by Gasteiger charge is -2.22. The Morgan fingerprint density at radius 2 is 2.05 bits per heavy atom. The molecule has 0 spiro atoms. The van der Waals surface area contributed by atoms with Gasteiger partial charge in [0.05, 0.1) is 0 Å². The summed E-state index contributed by atoms with van der Waals surface area (Å²) in [5.74, 6) is 7.66. The Balaban J connectivity index is 2.29. The summed E-state index contributed by atoms with van der Waals surface area (Å²) in [6.45, 7) is 4.50. The van der Waals surface area contributed by atoms with E-state index < -0.39 is 0 Å². The van der Waals surface area contributed by atoms with Gasteiger partial charge in [0, 0.05) is 24.2 Å². The number of nitrogens with zero attached hydrogens (tertiary/aromatic N) is 3. The minimum Gasteiger partial charge on any atom is -0.355 e. The van der Waals surface area contributed by atoms with Gasteiger partial charge in [-0.3, -0.25) is 0 Å². The second-order valence-corrected chi connectivity index (χ2v) is 5.13. The standard InChI is InChI=1S/C14H18ClN5/c1-9-13(19-16)17-10(2)18-14(9)20(3)8-11-5-4-6-12(15)7-11/h4-7H,8,16H2,1-3H3,(H,17,18,19). The lowest BCUT2D eigenvalue weighted by atomic mass is 10.2. The number of hydrogen-bond acceptors (Lipinski definition) is 5. The first-order valence-electron chi connectivity index (χ1n) is 6.28. The molecule has 0 fully saturated rings. The second-order valence-electron chi connectivity index (χ2n) is 4.70. The Bertz CT molecular complexity index is 615. The van der Waals surface area contributed by atoms with Gasteiger partial charge in [0.2, 0.25) is 0 Å². The normalized spacial score (nSPS) is 10.4. The van der Waals surface area contributed by atoms with Gasteiger partial charge in [0.15, 0.2) is 0 Å². The molecule has 0 unspecified atom stereocenters. The Morgan fingerprint density at radius 1 is 1.30 bits per heavy atom. The van der Waals surface area contributed by atoms with Crippen molar-refractivity contribution in [2.75, 3.05) is 17.4 Å². The maximum Gasteiger partial charge on any atom is 0.148 e. The van der Waals surface area contributed by atoms with E-state index in [4.69, 9.17) is 17.4 Å². The van der Waals surface area contributed by atoms with E-state index in [0.29, 0.717) is 18.2 Å². The van der Waals surface area contributed by atoms with Crippen molar-refractivity contribution in [1.82, 2.24) is 9.97 Å².